The van der Waals surface area contributed by atoms with E-state index in [1.807, 2.05) is 6.92 Å². The number of rotatable bonds is 8. The zero-order valence-electron chi connectivity index (χ0n) is 17.4. The second kappa shape index (κ2) is 11.1. The highest BCUT2D eigenvalue weighted by molar-refractivity contribution is 5.01. The van der Waals surface area contributed by atoms with Gasteiger partial charge < -0.3 is 57.2 Å². The standard InChI is InChI=1S/C19H36N4O7/c1-3-9(20)6-15(26)30-19-17(23-2)13(24)7-11(28-19)8-16(27)29-18-12(22)4-10(21)5-14(18)25/h6,8-14,17-19,23-27H,3-5,7,20-22H2,1-2H3/b15-6+,16-8+/t9-,10-,11-,12?,13?,14?,17?,18-,19?/m1/s1. The van der Waals surface area contributed by atoms with E-state index in [1.165, 1.54) is 12.2 Å². The van der Waals surface area contributed by atoms with Gasteiger partial charge in [-0.05, 0) is 26.3 Å². The lowest BCUT2D eigenvalue weighted by molar-refractivity contribution is -0.218. The van der Waals surface area contributed by atoms with Crippen LogP contribution in [0.4, 0.5) is 0 Å². The number of likely N-dealkylation sites (N-methyl/N-ethyl adjacent to an activating group) is 1. The van der Waals surface area contributed by atoms with Crippen LogP contribution >= 0.6 is 0 Å². The predicted octanol–water partition coefficient (Wildman–Crippen LogP) is -1.20. The molecule has 30 heavy (non-hydrogen) atoms. The van der Waals surface area contributed by atoms with Gasteiger partial charge in [-0.15, -0.1) is 0 Å². The lowest BCUT2D eigenvalue weighted by Crippen LogP contribution is -2.55. The smallest absolute Gasteiger partial charge is 0.276 e. The number of aliphatic hydroxyl groups is 4. The molecule has 1 heterocycles. The van der Waals surface area contributed by atoms with Gasteiger partial charge in [0.15, 0.2) is 0 Å². The Balaban J connectivity index is 2.05. The first kappa shape index (κ1) is 24.7. The SMILES string of the molecule is CC[C@@H](N)/C=C(\O)OC1O[C@@H](/C=C(\O)O[C@@H]2C(N)C[C@@H](N)CC2O)CC(O)C1NC. The fraction of sp³-hybridized carbons (Fsp3) is 0.789. The second-order valence-electron chi connectivity index (χ2n) is 7.91. The Bertz CT molecular complexity index is 593. The van der Waals surface area contributed by atoms with Crippen molar-refractivity contribution in [2.45, 2.75) is 87.5 Å². The monoisotopic (exact) mass is 432 g/mol. The minimum absolute atomic E-state index is 0.141. The molecule has 0 spiro atoms. The van der Waals surface area contributed by atoms with Gasteiger partial charge in [-0.1, -0.05) is 6.92 Å². The van der Waals surface area contributed by atoms with Crippen molar-refractivity contribution >= 4 is 0 Å². The first-order valence-electron chi connectivity index (χ1n) is 10.2. The molecule has 1 saturated heterocycles. The average molecular weight is 433 g/mol. The normalized spacial score (nSPS) is 39.4. The van der Waals surface area contributed by atoms with E-state index in [0.29, 0.717) is 19.3 Å². The molecule has 0 bridgehead atoms. The number of nitrogens with one attached hydrogen (secondary N) is 1. The van der Waals surface area contributed by atoms with Crippen molar-refractivity contribution in [1.29, 1.82) is 0 Å². The Kier molecular flexibility index (Phi) is 9.16. The number of nitrogens with two attached hydrogens (primary N) is 3. The van der Waals surface area contributed by atoms with E-state index in [1.54, 1.807) is 7.05 Å². The number of hydrogen-bond donors (Lipinski definition) is 8. The zero-order chi connectivity index (χ0) is 22.4. The lowest BCUT2D eigenvalue weighted by Gasteiger charge is -2.38. The van der Waals surface area contributed by atoms with Crippen LogP contribution in [0.3, 0.4) is 0 Å². The molecule has 11 heteroatoms. The van der Waals surface area contributed by atoms with Gasteiger partial charge in [0.1, 0.15) is 6.10 Å². The minimum Gasteiger partial charge on any atom is -0.481 e. The molecule has 174 valence electrons. The van der Waals surface area contributed by atoms with E-state index in [9.17, 15) is 20.4 Å². The van der Waals surface area contributed by atoms with Crippen LogP contribution in [0, 0.1) is 0 Å². The third-order valence-electron chi connectivity index (χ3n) is 5.39. The maximum atomic E-state index is 10.4. The van der Waals surface area contributed by atoms with Crippen molar-refractivity contribution in [3.05, 3.63) is 24.0 Å². The number of aliphatic hydroxyl groups excluding tert-OH is 4. The van der Waals surface area contributed by atoms with Crippen LogP contribution in [0.2, 0.25) is 0 Å². The van der Waals surface area contributed by atoms with E-state index in [-0.39, 0.29) is 18.5 Å². The summed E-state index contributed by atoms with van der Waals surface area (Å²) in [4.78, 5) is 0. The van der Waals surface area contributed by atoms with Crippen molar-refractivity contribution in [3.63, 3.8) is 0 Å². The number of ether oxygens (including phenoxy) is 3. The van der Waals surface area contributed by atoms with Gasteiger partial charge in [-0.25, -0.2) is 0 Å². The van der Waals surface area contributed by atoms with Crippen molar-refractivity contribution in [2.24, 2.45) is 17.2 Å². The van der Waals surface area contributed by atoms with Crippen LogP contribution in [0.15, 0.2) is 24.0 Å². The third kappa shape index (κ3) is 6.71. The van der Waals surface area contributed by atoms with Crippen molar-refractivity contribution in [3.8, 4) is 0 Å². The topological polar surface area (TPSA) is 199 Å². The van der Waals surface area contributed by atoms with E-state index in [2.05, 4.69) is 5.32 Å². The Morgan fingerprint density at radius 2 is 1.83 bits per heavy atom. The van der Waals surface area contributed by atoms with Crippen molar-refractivity contribution < 1.29 is 34.6 Å². The highest BCUT2D eigenvalue weighted by Gasteiger charge is 2.40. The van der Waals surface area contributed by atoms with Crippen molar-refractivity contribution in [1.82, 2.24) is 5.32 Å². The molecular weight excluding hydrogens is 396 g/mol. The van der Waals surface area contributed by atoms with Crippen LogP contribution in [0.1, 0.15) is 32.6 Å². The fourth-order valence-electron chi connectivity index (χ4n) is 3.69. The van der Waals surface area contributed by atoms with Crippen LogP contribution < -0.4 is 22.5 Å². The molecule has 5 unspecified atom stereocenters. The molecule has 1 saturated carbocycles. The summed E-state index contributed by atoms with van der Waals surface area (Å²) in [5.74, 6) is -0.906. The van der Waals surface area contributed by atoms with Gasteiger partial charge in [-0.2, -0.15) is 0 Å². The highest BCUT2D eigenvalue weighted by atomic mass is 16.7. The third-order valence-corrected chi connectivity index (χ3v) is 5.39. The summed E-state index contributed by atoms with van der Waals surface area (Å²) in [5, 5.41) is 43.7. The first-order valence-corrected chi connectivity index (χ1v) is 10.2. The van der Waals surface area contributed by atoms with Gasteiger partial charge in [0.2, 0.25) is 6.29 Å². The van der Waals surface area contributed by atoms with Crippen LogP contribution in [0.5, 0.6) is 0 Å². The fourth-order valence-corrected chi connectivity index (χ4v) is 3.69. The van der Waals surface area contributed by atoms with Gasteiger partial charge in [-0.3, -0.25) is 0 Å². The Morgan fingerprint density at radius 1 is 1.13 bits per heavy atom. The van der Waals surface area contributed by atoms with Crippen LogP contribution in [-0.2, 0) is 14.2 Å². The summed E-state index contributed by atoms with van der Waals surface area (Å²) in [7, 11) is 1.62. The number of hydrogen-bond acceptors (Lipinski definition) is 11. The van der Waals surface area contributed by atoms with Gasteiger partial charge in [0.05, 0.1) is 24.4 Å². The van der Waals surface area contributed by atoms with Gasteiger partial charge in [0.25, 0.3) is 11.9 Å². The summed E-state index contributed by atoms with van der Waals surface area (Å²) >= 11 is 0. The van der Waals surface area contributed by atoms with Gasteiger partial charge >= 0.3 is 0 Å². The quantitative estimate of drug-likeness (QED) is 0.214. The molecule has 11 nitrogen and oxygen atoms in total. The molecular formula is C19H36N4O7. The highest BCUT2D eigenvalue weighted by Crippen LogP contribution is 2.26. The second-order valence-corrected chi connectivity index (χ2v) is 7.91. The molecule has 0 amide bonds. The van der Waals surface area contributed by atoms with Crippen LogP contribution in [0.25, 0.3) is 0 Å². The Morgan fingerprint density at radius 3 is 2.43 bits per heavy atom. The maximum absolute atomic E-state index is 10.4. The molecule has 9 atom stereocenters. The molecule has 2 rings (SSSR count). The van der Waals surface area contributed by atoms with E-state index in [0.717, 1.165) is 0 Å². The summed E-state index contributed by atoms with van der Waals surface area (Å²) in [6.45, 7) is 1.86. The van der Waals surface area contributed by atoms with Gasteiger partial charge in [0, 0.05) is 36.7 Å². The molecule has 0 aromatic carbocycles. The molecule has 1 aliphatic carbocycles. The molecule has 0 aromatic heterocycles. The zero-order valence-corrected chi connectivity index (χ0v) is 17.4. The summed E-state index contributed by atoms with van der Waals surface area (Å²) in [6, 6.07) is -1.78. The van der Waals surface area contributed by atoms with Crippen molar-refractivity contribution in [2.75, 3.05) is 7.05 Å². The molecule has 2 aliphatic rings. The Labute approximate surface area is 176 Å². The molecule has 11 N–H and O–H groups in total. The van der Waals surface area contributed by atoms with E-state index >= 15 is 0 Å². The first-order chi connectivity index (χ1) is 14.1. The molecule has 1 aliphatic heterocycles. The summed E-state index contributed by atoms with van der Waals surface area (Å²) in [6.07, 6.45) is -0.312. The lowest BCUT2D eigenvalue weighted by atomic mass is 9.87. The van der Waals surface area contributed by atoms with E-state index < -0.39 is 54.7 Å². The maximum Gasteiger partial charge on any atom is 0.276 e. The minimum atomic E-state index is -1.05. The summed E-state index contributed by atoms with van der Waals surface area (Å²) in [5.41, 5.74) is 17.6. The largest absolute Gasteiger partial charge is 0.481 e. The molecule has 0 aromatic rings. The summed E-state index contributed by atoms with van der Waals surface area (Å²) < 4.78 is 16.6. The molecule has 0 radical (unpaired) electrons. The van der Waals surface area contributed by atoms with Crippen LogP contribution in [-0.4, -0.2) is 82.3 Å². The predicted molar refractivity (Wildman–Crippen MR) is 109 cm³/mol. The molecule has 2 fully saturated rings. The Hall–Kier alpha value is -1.60. The average Bonchev–Trinajstić information content (AvgIpc) is 2.64. The van der Waals surface area contributed by atoms with E-state index in [4.69, 9.17) is 31.4 Å².